The van der Waals surface area contributed by atoms with Crippen molar-refractivity contribution in [3.8, 4) is 0 Å². The van der Waals surface area contributed by atoms with Gasteiger partial charge in [-0.25, -0.2) is 8.78 Å². The van der Waals surface area contributed by atoms with E-state index >= 15 is 0 Å². The smallest absolute Gasteiger partial charge is 0.275 e. The van der Waals surface area contributed by atoms with E-state index in [9.17, 15) is 8.78 Å². The molecule has 0 aliphatic carbocycles. The third-order valence-corrected chi connectivity index (χ3v) is 5.66. The van der Waals surface area contributed by atoms with Gasteiger partial charge in [0.25, 0.3) is 5.92 Å². The Kier molecular flexibility index (Phi) is 5.12. The molecule has 0 aromatic carbocycles. The molecular formula is C16H29F2N3. The van der Waals surface area contributed by atoms with Crippen molar-refractivity contribution in [2.75, 3.05) is 39.3 Å². The maximum atomic E-state index is 14.0. The van der Waals surface area contributed by atoms with E-state index in [4.69, 9.17) is 0 Å². The highest BCUT2D eigenvalue weighted by Crippen LogP contribution is 2.33. The van der Waals surface area contributed by atoms with Crippen molar-refractivity contribution in [1.82, 2.24) is 15.5 Å². The van der Waals surface area contributed by atoms with Gasteiger partial charge in [-0.15, -0.1) is 0 Å². The number of halogens is 2. The minimum absolute atomic E-state index is 0.146. The molecule has 5 heteroatoms. The third-order valence-electron chi connectivity index (χ3n) is 5.66. The van der Waals surface area contributed by atoms with Gasteiger partial charge in [0.1, 0.15) is 0 Å². The Hall–Kier alpha value is -0.260. The van der Waals surface area contributed by atoms with Gasteiger partial charge in [-0.1, -0.05) is 0 Å². The normalized spacial score (nSPS) is 33.1. The molecule has 0 aromatic rings. The molecule has 2 N–H and O–H groups in total. The first-order valence-corrected chi connectivity index (χ1v) is 8.68. The van der Waals surface area contributed by atoms with Gasteiger partial charge in [-0.05, 0) is 83.1 Å². The lowest BCUT2D eigenvalue weighted by Gasteiger charge is -2.43. The van der Waals surface area contributed by atoms with E-state index in [1.165, 1.54) is 19.3 Å². The van der Waals surface area contributed by atoms with E-state index in [-0.39, 0.29) is 6.54 Å². The van der Waals surface area contributed by atoms with E-state index in [2.05, 4.69) is 15.5 Å². The number of rotatable bonds is 3. The number of likely N-dealkylation sites (tertiary alicyclic amines) is 1. The van der Waals surface area contributed by atoms with E-state index in [1.807, 2.05) is 0 Å². The highest BCUT2D eigenvalue weighted by Gasteiger charge is 2.45. The number of piperidine rings is 3. The van der Waals surface area contributed by atoms with Crippen LogP contribution in [0.4, 0.5) is 8.78 Å². The minimum atomic E-state index is -2.56. The van der Waals surface area contributed by atoms with Gasteiger partial charge < -0.3 is 10.6 Å². The largest absolute Gasteiger partial charge is 0.317 e. The molecule has 3 fully saturated rings. The summed E-state index contributed by atoms with van der Waals surface area (Å²) in [6.07, 6.45) is 6.73. The first-order valence-electron chi connectivity index (χ1n) is 8.68. The zero-order valence-corrected chi connectivity index (χ0v) is 12.9. The van der Waals surface area contributed by atoms with Crippen molar-refractivity contribution in [2.24, 2.45) is 11.8 Å². The zero-order valence-electron chi connectivity index (χ0n) is 12.9. The molecule has 0 aromatic heterocycles. The van der Waals surface area contributed by atoms with Crippen molar-refractivity contribution >= 4 is 0 Å². The fourth-order valence-corrected chi connectivity index (χ4v) is 4.36. The Morgan fingerprint density at radius 3 is 2.14 bits per heavy atom. The Bertz CT molecular complexity index is 323. The molecule has 3 aliphatic heterocycles. The molecule has 21 heavy (non-hydrogen) atoms. The molecule has 0 amide bonds. The second-order valence-electron chi connectivity index (χ2n) is 7.15. The van der Waals surface area contributed by atoms with Crippen LogP contribution >= 0.6 is 0 Å². The Morgan fingerprint density at radius 1 is 0.857 bits per heavy atom. The first kappa shape index (κ1) is 15.6. The van der Waals surface area contributed by atoms with Gasteiger partial charge >= 0.3 is 0 Å². The fraction of sp³-hybridized carbons (Fsp3) is 1.00. The molecule has 3 aliphatic rings. The maximum absolute atomic E-state index is 14.0. The lowest BCUT2D eigenvalue weighted by atomic mass is 9.82. The lowest BCUT2D eigenvalue weighted by molar-refractivity contribution is -0.102. The number of nitrogens with one attached hydrogen (secondary N) is 2. The average molecular weight is 301 g/mol. The summed E-state index contributed by atoms with van der Waals surface area (Å²) in [4.78, 5) is 2.07. The quantitative estimate of drug-likeness (QED) is 0.836. The summed E-state index contributed by atoms with van der Waals surface area (Å²) in [6, 6.07) is -0.529. The van der Waals surface area contributed by atoms with Gasteiger partial charge in [0, 0.05) is 0 Å². The predicted molar refractivity (Wildman–Crippen MR) is 80.7 cm³/mol. The monoisotopic (exact) mass is 301 g/mol. The van der Waals surface area contributed by atoms with E-state index in [0.29, 0.717) is 6.42 Å². The molecule has 1 atom stereocenters. The number of hydrogen-bond acceptors (Lipinski definition) is 3. The van der Waals surface area contributed by atoms with Gasteiger partial charge in [-0.3, -0.25) is 4.90 Å². The predicted octanol–water partition coefficient (Wildman–Crippen LogP) is 2.09. The average Bonchev–Trinajstić information content (AvgIpc) is 2.49. The van der Waals surface area contributed by atoms with Crippen molar-refractivity contribution in [1.29, 1.82) is 0 Å². The standard InChI is InChI=1S/C16H29F2N3/c17-16(18)12-20-8-3-15(16)21-9-4-14(5-10-21)11-13-1-6-19-7-2-13/h13-15,19-20H,1-12H2. The third kappa shape index (κ3) is 3.93. The minimum Gasteiger partial charge on any atom is -0.317 e. The number of hydrogen-bond donors (Lipinski definition) is 2. The summed E-state index contributed by atoms with van der Waals surface area (Å²) in [7, 11) is 0. The second kappa shape index (κ2) is 6.88. The van der Waals surface area contributed by atoms with Gasteiger partial charge in [-0.2, -0.15) is 0 Å². The molecule has 0 spiro atoms. The summed E-state index contributed by atoms with van der Waals surface area (Å²) in [5, 5.41) is 6.24. The van der Waals surface area contributed by atoms with E-state index in [0.717, 1.165) is 57.4 Å². The van der Waals surface area contributed by atoms with Crippen LogP contribution in [0.3, 0.4) is 0 Å². The van der Waals surface area contributed by atoms with Crippen molar-refractivity contribution in [3.05, 3.63) is 0 Å². The van der Waals surface area contributed by atoms with Gasteiger partial charge in [0.2, 0.25) is 0 Å². The lowest BCUT2D eigenvalue weighted by Crippen LogP contribution is -2.58. The number of alkyl halides is 2. The van der Waals surface area contributed by atoms with Gasteiger partial charge in [0.15, 0.2) is 0 Å². The molecule has 0 saturated carbocycles. The second-order valence-corrected chi connectivity index (χ2v) is 7.15. The van der Waals surface area contributed by atoms with Crippen molar-refractivity contribution < 1.29 is 8.78 Å². The van der Waals surface area contributed by atoms with Crippen LogP contribution in [0, 0.1) is 11.8 Å². The summed E-state index contributed by atoms with van der Waals surface area (Å²) in [5.74, 6) is -0.928. The Morgan fingerprint density at radius 2 is 1.48 bits per heavy atom. The van der Waals surface area contributed by atoms with Crippen LogP contribution in [-0.2, 0) is 0 Å². The molecule has 1 unspecified atom stereocenters. The molecule has 0 bridgehead atoms. The molecule has 3 nitrogen and oxygen atoms in total. The van der Waals surface area contributed by atoms with Crippen molar-refractivity contribution in [3.63, 3.8) is 0 Å². The highest BCUT2D eigenvalue weighted by atomic mass is 19.3. The van der Waals surface area contributed by atoms with Crippen molar-refractivity contribution in [2.45, 2.75) is 50.5 Å². The topological polar surface area (TPSA) is 27.3 Å². The summed E-state index contributed by atoms with van der Waals surface area (Å²) in [5.41, 5.74) is 0. The first-order chi connectivity index (χ1) is 10.1. The summed E-state index contributed by atoms with van der Waals surface area (Å²) < 4.78 is 28.0. The SMILES string of the molecule is FC1(F)CNCCC1N1CCC(CC2CCNCC2)CC1. The van der Waals surface area contributed by atoms with Gasteiger partial charge in [0.05, 0.1) is 12.6 Å². The maximum Gasteiger partial charge on any atom is 0.275 e. The van der Waals surface area contributed by atoms with Crippen LogP contribution in [0.1, 0.15) is 38.5 Å². The van der Waals surface area contributed by atoms with E-state index < -0.39 is 12.0 Å². The summed E-state index contributed by atoms with van der Waals surface area (Å²) in [6.45, 7) is 4.64. The van der Waals surface area contributed by atoms with Crippen LogP contribution in [-0.4, -0.2) is 56.1 Å². The molecule has 122 valence electrons. The summed E-state index contributed by atoms with van der Waals surface area (Å²) >= 11 is 0. The van der Waals surface area contributed by atoms with E-state index in [1.54, 1.807) is 0 Å². The number of nitrogens with zero attached hydrogens (tertiary/aromatic N) is 1. The highest BCUT2D eigenvalue weighted by molar-refractivity contribution is 4.93. The molecular weight excluding hydrogens is 272 g/mol. The molecule has 0 radical (unpaired) electrons. The Labute approximate surface area is 126 Å². The van der Waals surface area contributed by atoms with Crippen LogP contribution in [0.2, 0.25) is 0 Å². The molecule has 3 heterocycles. The molecule has 3 rings (SSSR count). The zero-order chi connectivity index (χ0) is 14.7. The van der Waals surface area contributed by atoms with Crippen LogP contribution < -0.4 is 10.6 Å². The van der Waals surface area contributed by atoms with Crippen LogP contribution in [0.15, 0.2) is 0 Å². The fourth-order valence-electron chi connectivity index (χ4n) is 4.36. The van der Waals surface area contributed by atoms with Crippen LogP contribution in [0.5, 0.6) is 0 Å². The van der Waals surface area contributed by atoms with Crippen LogP contribution in [0.25, 0.3) is 0 Å². The Balaban J connectivity index is 1.46. The molecule has 3 saturated heterocycles.